The Balaban J connectivity index is 1.94. The number of nitrogens with zero attached hydrogens (tertiary/aromatic N) is 2. The van der Waals surface area contributed by atoms with Crippen molar-refractivity contribution in [3.63, 3.8) is 0 Å². The normalized spacial score (nSPS) is 19.2. The van der Waals surface area contributed by atoms with Gasteiger partial charge < -0.3 is 4.90 Å². The summed E-state index contributed by atoms with van der Waals surface area (Å²) in [5, 5.41) is 0. The van der Waals surface area contributed by atoms with Crippen LogP contribution in [-0.2, 0) is 10.2 Å². The highest BCUT2D eigenvalue weighted by molar-refractivity contribution is 7.87. The van der Waals surface area contributed by atoms with Gasteiger partial charge in [0.1, 0.15) is 5.69 Å². The first-order chi connectivity index (χ1) is 9.52. The van der Waals surface area contributed by atoms with Crippen LogP contribution in [0.2, 0.25) is 0 Å². The van der Waals surface area contributed by atoms with Crippen molar-refractivity contribution in [1.82, 2.24) is 19.3 Å². The van der Waals surface area contributed by atoms with Crippen molar-refractivity contribution in [1.29, 1.82) is 0 Å². The molecule has 7 nitrogen and oxygen atoms in total. The Morgan fingerprint density at radius 2 is 2.30 bits per heavy atom. The molecule has 0 aromatic carbocycles. The van der Waals surface area contributed by atoms with Crippen molar-refractivity contribution >= 4 is 16.1 Å². The summed E-state index contributed by atoms with van der Waals surface area (Å²) in [4.78, 5) is 17.8. The Kier molecular flexibility index (Phi) is 4.69. The van der Waals surface area contributed by atoms with Gasteiger partial charge in [-0.2, -0.15) is 13.1 Å². The zero-order valence-corrected chi connectivity index (χ0v) is 12.1. The second-order valence-corrected chi connectivity index (χ2v) is 6.10. The van der Waals surface area contributed by atoms with Crippen LogP contribution in [-0.4, -0.2) is 49.9 Å². The van der Waals surface area contributed by atoms with Crippen molar-refractivity contribution in [3.8, 4) is 0 Å². The van der Waals surface area contributed by atoms with Crippen LogP contribution in [0.1, 0.15) is 23.8 Å². The lowest BCUT2D eigenvalue weighted by molar-refractivity contribution is 0.0784. The van der Waals surface area contributed by atoms with Crippen molar-refractivity contribution in [2.75, 3.05) is 19.6 Å². The zero-order chi connectivity index (χ0) is 14.6. The van der Waals surface area contributed by atoms with Crippen molar-refractivity contribution in [3.05, 3.63) is 30.1 Å². The molecule has 1 atom stereocenters. The van der Waals surface area contributed by atoms with Gasteiger partial charge in [0.25, 0.3) is 16.1 Å². The summed E-state index contributed by atoms with van der Waals surface area (Å²) in [7, 11) is -3.48. The third-order valence-corrected chi connectivity index (χ3v) is 4.33. The fourth-order valence-corrected chi connectivity index (χ4v) is 3.24. The zero-order valence-electron chi connectivity index (χ0n) is 11.2. The third-order valence-electron chi connectivity index (χ3n) is 3.02. The number of pyridine rings is 1. The van der Waals surface area contributed by atoms with Crippen molar-refractivity contribution in [2.24, 2.45) is 0 Å². The topological polar surface area (TPSA) is 91.4 Å². The minimum absolute atomic E-state index is 0.171. The lowest BCUT2D eigenvalue weighted by Gasteiger charge is -2.16. The molecule has 1 unspecified atom stereocenters. The fraction of sp³-hybridized carbons (Fsp3) is 0.500. The number of hydrogen-bond donors (Lipinski definition) is 2. The SMILES string of the molecule is CCNS(=O)(=O)NC1CCN(C(=O)c2ccccn2)C1. The number of nitrogens with one attached hydrogen (secondary N) is 2. The van der Waals surface area contributed by atoms with Crippen LogP contribution in [0.3, 0.4) is 0 Å². The molecule has 1 aromatic heterocycles. The van der Waals surface area contributed by atoms with Crippen molar-refractivity contribution < 1.29 is 13.2 Å². The van der Waals surface area contributed by atoms with Crippen molar-refractivity contribution in [2.45, 2.75) is 19.4 Å². The van der Waals surface area contributed by atoms with Crippen LogP contribution in [0.5, 0.6) is 0 Å². The summed E-state index contributed by atoms with van der Waals surface area (Å²) in [6.07, 6.45) is 2.16. The number of carbonyl (C=O) groups is 1. The number of aromatic nitrogens is 1. The van der Waals surface area contributed by atoms with Gasteiger partial charge in [0.2, 0.25) is 0 Å². The second kappa shape index (κ2) is 6.29. The second-order valence-electron chi connectivity index (χ2n) is 4.57. The summed E-state index contributed by atoms with van der Waals surface area (Å²) < 4.78 is 28.1. The van der Waals surface area contributed by atoms with Gasteiger partial charge in [-0.15, -0.1) is 0 Å². The summed E-state index contributed by atoms with van der Waals surface area (Å²) >= 11 is 0. The number of hydrogen-bond acceptors (Lipinski definition) is 4. The first kappa shape index (κ1) is 14.9. The van der Waals surface area contributed by atoms with Gasteiger partial charge in [0.15, 0.2) is 0 Å². The number of likely N-dealkylation sites (tertiary alicyclic amines) is 1. The molecule has 1 aliphatic rings. The average Bonchev–Trinajstić information content (AvgIpc) is 2.86. The van der Waals surface area contributed by atoms with Crippen LogP contribution in [0, 0.1) is 0 Å². The van der Waals surface area contributed by atoms with E-state index in [9.17, 15) is 13.2 Å². The molecule has 2 rings (SSSR count). The molecule has 1 amide bonds. The van der Waals surface area contributed by atoms with E-state index in [4.69, 9.17) is 0 Å². The van der Waals surface area contributed by atoms with E-state index in [-0.39, 0.29) is 11.9 Å². The number of carbonyl (C=O) groups excluding carboxylic acids is 1. The number of rotatable bonds is 5. The van der Waals surface area contributed by atoms with E-state index in [1.807, 2.05) is 0 Å². The molecule has 1 fully saturated rings. The van der Waals surface area contributed by atoms with E-state index >= 15 is 0 Å². The van der Waals surface area contributed by atoms with Gasteiger partial charge in [0, 0.05) is 31.9 Å². The molecule has 0 saturated carbocycles. The summed E-state index contributed by atoms with van der Waals surface area (Å²) in [5.74, 6) is -0.171. The lowest BCUT2D eigenvalue weighted by atomic mass is 10.3. The molecule has 0 radical (unpaired) electrons. The predicted molar refractivity (Wildman–Crippen MR) is 74.3 cm³/mol. The molecule has 1 aromatic rings. The standard InChI is InChI=1S/C12H18N4O3S/c1-2-14-20(18,19)15-10-6-8-16(9-10)12(17)11-5-3-4-7-13-11/h3-5,7,10,14-15H,2,6,8-9H2,1H3. The van der Waals surface area contributed by atoms with Gasteiger partial charge in [0.05, 0.1) is 0 Å². The summed E-state index contributed by atoms with van der Waals surface area (Å²) in [5.41, 5.74) is 0.377. The first-order valence-electron chi connectivity index (χ1n) is 6.49. The third kappa shape index (κ3) is 3.75. The van der Waals surface area contributed by atoms with Crippen LogP contribution in [0.15, 0.2) is 24.4 Å². The van der Waals surface area contributed by atoms with E-state index in [1.54, 1.807) is 36.2 Å². The molecular formula is C12H18N4O3S. The largest absolute Gasteiger partial charge is 0.336 e. The van der Waals surface area contributed by atoms with E-state index in [0.717, 1.165) is 0 Å². The smallest absolute Gasteiger partial charge is 0.277 e. The van der Waals surface area contributed by atoms with Crippen LogP contribution < -0.4 is 9.44 Å². The Bertz CT molecular complexity index is 561. The highest BCUT2D eigenvalue weighted by Gasteiger charge is 2.29. The maximum absolute atomic E-state index is 12.2. The van der Waals surface area contributed by atoms with E-state index in [0.29, 0.717) is 31.7 Å². The number of amides is 1. The van der Waals surface area contributed by atoms with Gasteiger partial charge in [-0.25, -0.2) is 4.72 Å². The fourth-order valence-electron chi connectivity index (χ4n) is 2.14. The van der Waals surface area contributed by atoms with E-state index < -0.39 is 10.2 Å². The molecule has 2 heterocycles. The highest BCUT2D eigenvalue weighted by atomic mass is 32.2. The monoisotopic (exact) mass is 298 g/mol. The quantitative estimate of drug-likeness (QED) is 0.783. The van der Waals surface area contributed by atoms with Crippen LogP contribution in [0.4, 0.5) is 0 Å². The first-order valence-corrected chi connectivity index (χ1v) is 7.97. The molecule has 0 spiro atoms. The molecule has 1 aliphatic heterocycles. The maximum Gasteiger partial charge on any atom is 0.277 e. The molecule has 20 heavy (non-hydrogen) atoms. The molecular weight excluding hydrogens is 280 g/mol. The van der Waals surface area contributed by atoms with Gasteiger partial charge in [-0.05, 0) is 18.6 Å². The Labute approximate surface area is 118 Å². The average molecular weight is 298 g/mol. The van der Waals surface area contributed by atoms with Crippen LogP contribution in [0.25, 0.3) is 0 Å². The molecule has 0 bridgehead atoms. The molecule has 8 heteroatoms. The van der Waals surface area contributed by atoms with Gasteiger partial charge in [-0.3, -0.25) is 9.78 Å². The van der Waals surface area contributed by atoms with Gasteiger partial charge in [-0.1, -0.05) is 13.0 Å². The predicted octanol–water partition coefficient (Wildman–Crippen LogP) is -0.260. The molecule has 110 valence electrons. The minimum Gasteiger partial charge on any atom is -0.336 e. The lowest BCUT2D eigenvalue weighted by Crippen LogP contribution is -2.44. The molecule has 0 aliphatic carbocycles. The van der Waals surface area contributed by atoms with E-state index in [2.05, 4.69) is 14.4 Å². The summed E-state index contributed by atoms with van der Waals surface area (Å²) in [6, 6.07) is 4.89. The Morgan fingerprint density at radius 3 is 2.95 bits per heavy atom. The molecule has 2 N–H and O–H groups in total. The van der Waals surface area contributed by atoms with Gasteiger partial charge >= 0.3 is 0 Å². The molecule has 1 saturated heterocycles. The Morgan fingerprint density at radius 1 is 1.50 bits per heavy atom. The summed E-state index contributed by atoms with van der Waals surface area (Å²) in [6.45, 7) is 2.93. The van der Waals surface area contributed by atoms with Crippen LogP contribution >= 0.6 is 0 Å². The minimum atomic E-state index is -3.48. The van der Waals surface area contributed by atoms with E-state index in [1.165, 1.54) is 0 Å². The highest BCUT2D eigenvalue weighted by Crippen LogP contribution is 2.13. The maximum atomic E-state index is 12.2. The Hall–Kier alpha value is -1.51.